The van der Waals surface area contributed by atoms with Gasteiger partial charge >= 0.3 is 5.97 Å². The lowest BCUT2D eigenvalue weighted by molar-refractivity contribution is -0.874. The van der Waals surface area contributed by atoms with E-state index in [-0.39, 0.29) is 23.6 Å². The summed E-state index contributed by atoms with van der Waals surface area (Å²) in [6.07, 6.45) is 6.10. The van der Waals surface area contributed by atoms with E-state index in [1.54, 1.807) is 0 Å². The van der Waals surface area contributed by atoms with E-state index < -0.39 is 0 Å². The molecule has 2 heterocycles. The van der Waals surface area contributed by atoms with Gasteiger partial charge in [-0.3, -0.25) is 4.79 Å². The summed E-state index contributed by atoms with van der Waals surface area (Å²) in [5.41, 5.74) is 0.467. The van der Waals surface area contributed by atoms with E-state index in [0.717, 1.165) is 39.1 Å². The zero-order valence-electron chi connectivity index (χ0n) is 15.5. The van der Waals surface area contributed by atoms with Crippen molar-refractivity contribution in [3.63, 3.8) is 0 Å². The van der Waals surface area contributed by atoms with E-state index >= 15 is 0 Å². The number of nitrogens with two attached hydrogens (primary N) is 1. The van der Waals surface area contributed by atoms with Crippen LogP contribution < -0.4 is 10.2 Å². The standard InChI is InChI=1S/C19H32N2O3/c1-18-5-4-6-19(12-23-19)16(18)9-13-14(11-20-7-8-21(2)3)17(22)24-15(13)10-18/h13-16,20H,4-12H2,1-3H3/p+2/t13-,14-,15-,16-,18-,19+/m1/s1. The minimum atomic E-state index is 0.0615. The number of esters is 1. The Labute approximate surface area is 145 Å². The van der Waals surface area contributed by atoms with Crippen LogP contribution in [0.3, 0.4) is 0 Å². The maximum atomic E-state index is 12.5. The lowest BCUT2D eigenvalue weighted by Crippen LogP contribution is -3.09. The van der Waals surface area contributed by atoms with Crippen molar-refractivity contribution in [1.82, 2.24) is 0 Å². The number of ether oxygens (including phenoxy) is 2. The van der Waals surface area contributed by atoms with Crippen LogP contribution in [0.25, 0.3) is 0 Å². The number of rotatable bonds is 5. The van der Waals surface area contributed by atoms with Crippen molar-refractivity contribution in [2.24, 2.45) is 23.2 Å². The van der Waals surface area contributed by atoms with Gasteiger partial charge in [0.15, 0.2) is 0 Å². The number of nitrogens with one attached hydrogen (secondary N) is 1. The summed E-state index contributed by atoms with van der Waals surface area (Å²) in [5, 5.41) is 2.32. The SMILES string of the molecule is C[NH+](C)CC[NH2+]C[C@H]1C(=O)O[C@@H]2C[C@@]3(C)CCC[C@]4(CO4)[C@@H]3C[C@@H]21. The van der Waals surface area contributed by atoms with E-state index in [4.69, 9.17) is 9.47 Å². The Balaban J connectivity index is 1.43. The molecule has 0 aromatic rings. The summed E-state index contributed by atoms with van der Waals surface area (Å²) in [6, 6.07) is 0. The third kappa shape index (κ3) is 2.78. The Morgan fingerprint density at radius 1 is 1.33 bits per heavy atom. The fourth-order valence-electron chi connectivity index (χ4n) is 5.91. The molecule has 2 saturated heterocycles. The molecular formula is C19H34N2O3+2. The van der Waals surface area contributed by atoms with Crippen LogP contribution in [0.2, 0.25) is 0 Å². The number of hydrogen-bond acceptors (Lipinski definition) is 3. The third-order valence-electron chi connectivity index (χ3n) is 7.35. The van der Waals surface area contributed by atoms with Crippen molar-refractivity contribution in [2.75, 3.05) is 40.3 Å². The average Bonchev–Trinajstić information content (AvgIpc) is 3.20. The molecule has 2 aliphatic carbocycles. The van der Waals surface area contributed by atoms with Crippen molar-refractivity contribution in [1.29, 1.82) is 0 Å². The monoisotopic (exact) mass is 338 g/mol. The van der Waals surface area contributed by atoms with Crippen LogP contribution in [0.4, 0.5) is 0 Å². The Morgan fingerprint density at radius 2 is 2.12 bits per heavy atom. The second kappa shape index (κ2) is 5.96. The van der Waals surface area contributed by atoms with Crippen LogP contribution in [-0.4, -0.2) is 58.0 Å². The summed E-state index contributed by atoms with van der Waals surface area (Å²) in [4.78, 5) is 13.9. The first-order valence-electron chi connectivity index (χ1n) is 9.89. The molecule has 136 valence electrons. The number of fused-ring (bicyclic) bond motifs is 3. The number of quaternary nitrogens is 2. The van der Waals surface area contributed by atoms with Crippen LogP contribution in [0, 0.1) is 23.2 Å². The maximum Gasteiger partial charge on any atom is 0.315 e. The van der Waals surface area contributed by atoms with Gasteiger partial charge in [0.05, 0.1) is 32.8 Å². The van der Waals surface area contributed by atoms with Gasteiger partial charge in [-0.1, -0.05) is 6.92 Å². The first kappa shape index (κ1) is 16.8. The van der Waals surface area contributed by atoms with Crippen LogP contribution in [0.15, 0.2) is 0 Å². The van der Waals surface area contributed by atoms with E-state index in [0.29, 0.717) is 17.3 Å². The highest BCUT2D eigenvalue weighted by atomic mass is 16.6. The van der Waals surface area contributed by atoms with Gasteiger partial charge in [0, 0.05) is 5.92 Å². The molecule has 2 aliphatic heterocycles. The van der Waals surface area contributed by atoms with Crippen molar-refractivity contribution < 1.29 is 24.5 Å². The van der Waals surface area contributed by atoms with Gasteiger partial charge in [-0.2, -0.15) is 0 Å². The van der Waals surface area contributed by atoms with Crippen LogP contribution >= 0.6 is 0 Å². The van der Waals surface area contributed by atoms with E-state index in [9.17, 15) is 4.79 Å². The molecule has 5 nitrogen and oxygen atoms in total. The molecule has 5 heteroatoms. The number of likely N-dealkylation sites (N-methyl/N-ethyl adjacent to an activating group) is 1. The van der Waals surface area contributed by atoms with Crippen LogP contribution in [0.5, 0.6) is 0 Å². The molecule has 24 heavy (non-hydrogen) atoms. The molecule has 0 aromatic heterocycles. The lowest BCUT2D eigenvalue weighted by atomic mass is 9.53. The molecule has 3 N–H and O–H groups in total. The van der Waals surface area contributed by atoms with Crippen molar-refractivity contribution in [2.45, 2.75) is 50.7 Å². The predicted octanol–water partition coefficient (Wildman–Crippen LogP) is -0.779. The van der Waals surface area contributed by atoms with E-state index in [2.05, 4.69) is 26.3 Å². The molecule has 0 aromatic carbocycles. The largest absolute Gasteiger partial charge is 0.462 e. The van der Waals surface area contributed by atoms with Gasteiger partial charge in [0.1, 0.15) is 25.1 Å². The quantitative estimate of drug-likeness (QED) is 0.393. The van der Waals surface area contributed by atoms with Gasteiger partial charge in [-0.05, 0) is 43.4 Å². The Bertz CT molecular complexity index is 505. The molecule has 4 fully saturated rings. The molecule has 0 unspecified atom stereocenters. The summed E-state index contributed by atoms with van der Waals surface area (Å²) < 4.78 is 11.8. The topological polar surface area (TPSA) is 59.9 Å². The van der Waals surface area contributed by atoms with Gasteiger partial charge in [0.2, 0.25) is 0 Å². The highest BCUT2D eigenvalue weighted by Crippen LogP contribution is 2.62. The molecule has 6 atom stereocenters. The molecule has 4 rings (SSSR count). The zero-order chi connectivity index (χ0) is 16.9. The van der Waals surface area contributed by atoms with Gasteiger partial charge in [-0.15, -0.1) is 0 Å². The minimum absolute atomic E-state index is 0.0615. The molecule has 1 spiro atoms. The lowest BCUT2D eigenvalue weighted by Gasteiger charge is -2.51. The summed E-state index contributed by atoms with van der Waals surface area (Å²) in [7, 11) is 4.35. The first-order chi connectivity index (χ1) is 11.4. The van der Waals surface area contributed by atoms with Gasteiger partial charge in [0.25, 0.3) is 0 Å². The molecule has 0 radical (unpaired) electrons. The highest BCUT2D eigenvalue weighted by molar-refractivity contribution is 5.75. The van der Waals surface area contributed by atoms with E-state index in [1.807, 2.05) is 0 Å². The summed E-state index contributed by atoms with van der Waals surface area (Å²) in [6.45, 7) is 6.47. The molecule has 0 bridgehead atoms. The number of carbonyl (C=O) groups excluding carboxylic acids is 1. The Kier molecular flexibility index (Phi) is 4.17. The number of hydrogen-bond donors (Lipinski definition) is 2. The third-order valence-corrected chi connectivity index (χ3v) is 7.35. The minimum Gasteiger partial charge on any atom is -0.462 e. The number of epoxide rings is 1. The van der Waals surface area contributed by atoms with Crippen molar-refractivity contribution >= 4 is 5.97 Å². The summed E-state index contributed by atoms with van der Waals surface area (Å²) >= 11 is 0. The van der Waals surface area contributed by atoms with Gasteiger partial charge < -0.3 is 19.7 Å². The maximum absolute atomic E-state index is 12.5. The normalized spacial score (nSPS) is 46.8. The molecule has 4 aliphatic rings. The fraction of sp³-hybridized carbons (Fsp3) is 0.947. The Morgan fingerprint density at radius 3 is 2.83 bits per heavy atom. The van der Waals surface area contributed by atoms with Crippen molar-refractivity contribution in [3.05, 3.63) is 0 Å². The molecule has 2 saturated carbocycles. The highest BCUT2D eigenvalue weighted by Gasteiger charge is 2.65. The predicted molar refractivity (Wildman–Crippen MR) is 89.6 cm³/mol. The first-order valence-corrected chi connectivity index (χ1v) is 9.89. The van der Waals surface area contributed by atoms with Crippen LogP contribution in [-0.2, 0) is 14.3 Å². The Hall–Kier alpha value is -0.650. The van der Waals surface area contributed by atoms with Crippen molar-refractivity contribution in [3.8, 4) is 0 Å². The second-order valence-electron chi connectivity index (χ2n) is 9.37. The van der Waals surface area contributed by atoms with Crippen LogP contribution in [0.1, 0.15) is 39.0 Å². The zero-order valence-corrected chi connectivity index (χ0v) is 15.5. The average molecular weight is 338 g/mol. The van der Waals surface area contributed by atoms with E-state index in [1.165, 1.54) is 24.2 Å². The molecular weight excluding hydrogens is 304 g/mol. The van der Waals surface area contributed by atoms with Gasteiger partial charge in [-0.25, -0.2) is 0 Å². The summed E-state index contributed by atoms with van der Waals surface area (Å²) in [5.74, 6) is 1.20. The smallest absolute Gasteiger partial charge is 0.315 e. The number of carbonyl (C=O) groups is 1. The second-order valence-corrected chi connectivity index (χ2v) is 9.37. The fourth-order valence-corrected chi connectivity index (χ4v) is 5.91. The molecule has 0 amide bonds.